The second-order valence-electron chi connectivity index (χ2n) is 8.77. The molecule has 154 valence electrons. The molecule has 2 aliphatic heterocycles. The Morgan fingerprint density at radius 3 is 2.43 bits per heavy atom. The molecule has 2 heterocycles. The Labute approximate surface area is 169 Å². The zero-order valence-electron chi connectivity index (χ0n) is 17.5. The molecule has 1 spiro atoms. The van der Waals surface area contributed by atoms with E-state index in [1.807, 2.05) is 23.1 Å². The number of piperidine rings is 2. The van der Waals surface area contributed by atoms with Gasteiger partial charge in [-0.05, 0) is 36.2 Å². The standard InChI is InChI=1S/C23H34N2O3/c1-18(2)21(19-7-5-4-6-8-19)22(27)24-13-11-23(12-14-24)10-9-20(26)25(17-23)15-16-28-3/h4-8,18,21H,9-17H2,1-3H3/t21-/m0/s1. The average molecular weight is 387 g/mol. The molecule has 2 aliphatic rings. The molecule has 2 amide bonds. The fraction of sp³-hybridized carbons (Fsp3) is 0.652. The highest BCUT2D eigenvalue weighted by atomic mass is 16.5. The smallest absolute Gasteiger partial charge is 0.230 e. The molecular weight excluding hydrogens is 352 g/mol. The van der Waals surface area contributed by atoms with Crippen LogP contribution in [-0.4, -0.2) is 61.5 Å². The summed E-state index contributed by atoms with van der Waals surface area (Å²) in [5.74, 6) is 0.674. The molecule has 3 rings (SSSR count). The first-order chi connectivity index (χ1) is 13.5. The van der Waals surface area contributed by atoms with Gasteiger partial charge < -0.3 is 14.5 Å². The first kappa shape index (κ1) is 20.8. The Morgan fingerprint density at radius 2 is 1.82 bits per heavy atom. The van der Waals surface area contributed by atoms with Gasteiger partial charge in [-0.3, -0.25) is 9.59 Å². The number of hydrogen-bond acceptors (Lipinski definition) is 3. The summed E-state index contributed by atoms with van der Waals surface area (Å²) in [6.07, 6.45) is 3.53. The van der Waals surface area contributed by atoms with E-state index in [4.69, 9.17) is 4.74 Å². The summed E-state index contributed by atoms with van der Waals surface area (Å²) in [5, 5.41) is 0. The summed E-state index contributed by atoms with van der Waals surface area (Å²) in [5.41, 5.74) is 1.27. The van der Waals surface area contributed by atoms with Crippen molar-refractivity contribution in [3.8, 4) is 0 Å². The van der Waals surface area contributed by atoms with Crippen molar-refractivity contribution in [3.05, 3.63) is 35.9 Å². The lowest BCUT2D eigenvalue weighted by atomic mass is 9.72. The first-order valence-corrected chi connectivity index (χ1v) is 10.6. The van der Waals surface area contributed by atoms with E-state index < -0.39 is 0 Å². The number of nitrogens with zero attached hydrogens (tertiary/aromatic N) is 2. The van der Waals surface area contributed by atoms with Gasteiger partial charge in [-0.25, -0.2) is 0 Å². The van der Waals surface area contributed by atoms with E-state index in [9.17, 15) is 9.59 Å². The number of carbonyl (C=O) groups excluding carboxylic acids is 2. The molecule has 1 aromatic rings. The van der Waals surface area contributed by atoms with Crippen LogP contribution in [0.1, 0.15) is 51.0 Å². The van der Waals surface area contributed by atoms with E-state index in [2.05, 4.69) is 30.9 Å². The minimum Gasteiger partial charge on any atom is -0.383 e. The number of hydrogen-bond donors (Lipinski definition) is 0. The molecule has 0 unspecified atom stereocenters. The summed E-state index contributed by atoms with van der Waals surface area (Å²) in [6, 6.07) is 10.1. The molecule has 0 bridgehead atoms. The largest absolute Gasteiger partial charge is 0.383 e. The van der Waals surface area contributed by atoms with Crippen LogP contribution in [0.4, 0.5) is 0 Å². The van der Waals surface area contributed by atoms with E-state index in [0.717, 1.165) is 44.5 Å². The van der Waals surface area contributed by atoms with Crippen LogP contribution in [0.2, 0.25) is 0 Å². The average Bonchev–Trinajstić information content (AvgIpc) is 2.70. The Kier molecular flexibility index (Phi) is 6.76. The first-order valence-electron chi connectivity index (χ1n) is 10.6. The summed E-state index contributed by atoms with van der Waals surface area (Å²) >= 11 is 0. The van der Waals surface area contributed by atoms with E-state index in [0.29, 0.717) is 19.6 Å². The molecule has 0 saturated carbocycles. The SMILES string of the molecule is COCCN1CC2(CCC1=O)CCN(C(=O)[C@H](c1ccccc1)C(C)C)CC2. The predicted octanol–water partition coefficient (Wildman–Crippen LogP) is 3.30. The van der Waals surface area contributed by atoms with Crippen molar-refractivity contribution < 1.29 is 14.3 Å². The normalized spacial score (nSPS) is 20.6. The Hall–Kier alpha value is -1.88. The quantitative estimate of drug-likeness (QED) is 0.754. The topological polar surface area (TPSA) is 49.9 Å². The number of methoxy groups -OCH3 is 1. The van der Waals surface area contributed by atoms with Crippen molar-refractivity contribution in [1.29, 1.82) is 0 Å². The highest BCUT2D eigenvalue weighted by molar-refractivity contribution is 5.84. The van der Waals surface area contributed by atoms with Crippen LogP contribution in [0.25, 0.3) is 0 Å². The van der Waals surface area contributed by atoms with Gasteiger partial charge in [0.25, 0.3) is 0 Å². The third-order valence-electron chi connectivity index (χ3n) is 6.54. The molecule has 5 nitrogen and oxygen atoms in total. The number of benzene rings is 1. The van der Waals surface area contributed by atoms with Crippen LogP contribution >= 0.6 is 0 Å². The number of ether oxygens (including phenoxy) is 1. The third kappa shape index (κ3) is 4.57. The third-order valence-corrected chi connectivity index (χ3v) is 6.54. The molecule has 2 saturated heterocycles. The molecule has 1 aromatic carbocycles. The monoisotopic (exact) mass is 386 g/mol. The van der Waals surface area contributed by atoms with Crippen molar-refractivity contribution in [3.63, 3.8) is 0 Å². The maximum Gasteiger partial charge on any atom is 0.230 e. The molecule has 0 aliphatic carbocycles. The van der Waals surface area contributed by atoms with Crippen LogP contribution in [0.15, 0.2) is 30.3 Å². The van der Waals surface area contributed by atoms with Gasteiger partial charge in [0.15, 0.2) is 0 Å². The fourth-order valence-corrected chi connectivity index (χ4v) is 4.79. The summed E-state index contributed by atoms with van der Waals surface area (Å²) in [6.45, 7) is 7.90. The Balaban J connectivity index is 1.64. The maximum atomic E-state index is 13.3. The molecule has 0 radical (unpaired) electrons. The molecule has 1 atom stereocenters. The van der Waals surface area contributed by atoms with Gasteiger partial charge in [0, 0.05) is 39.7 Å². The second-order valence-corrected chi connectivity index (χ2v) is 8.77. The number of rotatable bonds is 6. The van der Waals surface area contributed by atoms with Crippen molar-refractivity contribution in [2.45, 2.75) is 45.4 Å². The van der Waals surface area contributed by atoms with Gasteiger partial charge in [-0.2, -0.15) is 0 Å². The lowest BCUT2D eigenvalue weighted by Crippen LogP contribution is -2.53. The van der Waals surface area contributed by atoms with Crippen LogP contribution < -0.4 is 0 Å². The van der Waals surface area contributed by atoms with Gasteiger partial charge >= 0.3 is 0 Å². The Bertz CT molecular complexity index is 666. The van der Waals surface area contributed by atoms with Gasteiger partial charge in [0.05, 0.1) is 12.5 Å². The van der Waals surface area contributed by atoms with Gasteiger partial charge in [-0.15, -0.1) is 0 Å². The summed E-state index contributed by atoms with van der Waals surface area (Å²) in [4.78, 5) is 29.6. The van der Waals surface area contributed by atoms with Crippen LogP contribution in [0, 0.1) is 11.3 Å². The number of carbonyl (C=O) groups is 2. The molecule has 0 N–H and O–H groups in total. The predicted molar refractivity (Wildman–Crippen MR) is 110 cm³/mol. The lowest BCUT2D eigenvalue weighted by molar-refractivity contribution is -0.144. The lowest BCUT2D eigenvalue weighted by Gasteiger charge is -2.48. The summed E-state index contributed by atoms with van der Waals surface area (Å²) < 4.78 is 5.16. The fourth-order valence-electron chi connectivity index (χ4n) is 4.79. The molecule has 0 aromatic heterocycles. The summed E-state index contributed by atoms with van der Waals surface area (Å²) in [7, 11) is 1.67. The molecular formula is C23H34N2O3. The van der Waals surface area contributed by atoms with Crippen molar-refractivity contribution in [2.24, 2.45) is 11.3 Å². The zero-order valence-corrected chi connectivity index (χ0v) is 17.5. The van der Waals surface area contributed by atoms with E-state index in [1.54, 1.807) is 7.11 Å². The van der Waals surface area contributed by atoms with E-state index in [1.165, 1.54) is 0 Å². The highest BCUT2D eigenvalue weighted by Gasteiger charge is 2.42. The van der Waals surface area contributed by atoms with Gasteiger partial charge in [0.2, 0.25) is 11.8 Å². The van der Waals surface area contributed by atoms with E-state index in [-0.39, 0.29) is 29.1 Å². The molecule has 2 fully saturated rings. The van der Waals surface area contributed by atoms with Crippen molar-refractivity contribution >= 4 is 11.8 Å². The Morgan fingerprint density at radius 1 is 1.14 bits per heavy atom. The van der Waals surface area contributed by atoms with Gasteiger partial charge in [-0.1, -0.05) is 44.2 Å². The zero-order chi connectivity index (χ0) is 20.1. The van der Waals surface area contributed by atoms with Crippen molar-refractivity contribution in [1.82, 2.24) is 9.80 Å². The minimum absolute atomic E-state index is 0.0821. The highest BCUT2D eigenvalue weighted by Crippen LogP contribution is 2.41. The van der Waals surface area contributed by atoms with Crippen LogP contribution in [0.5, 0.6) is 0 Å². The van der Waals surface area contributed by atoms with Crippen molar-refractivity contribution in [2.75, 3.05) is 39.9 Å². The molecule has 5 heteroatoms. The number of amides is 2. The van der Waals surface area contributed by atoms with E-state index >= 15 is 0 Å². The second kappa shape index (κ2) is 9.08. The number of likely N-dealkylation sites (tertiary alicyclic amines) is 2. The molecule has 28 heavy (non-hydrogen) atoms. The maximum absolute atomic E-state index is 13.3. The van der Waals surface area contributed by atoms with Gasteiger partial charge in [0.1, 0.15) is 0 Å². The van der Waals surface area contributed by atoms with Crippen LogP contribution in [-0.2, 0) is 14.3 Å². The van der Waals surface area contributed by atoms with Crippen LogP contribution in [0.3, 0.4) is 0 Å². The minimum atomic E-state index is -0.0821.